The summed E-state index contributed by atoms with van der Waals surface area (Å²) in [6, 6.07) is 0. The van der Waals surface area contributed by atoms with Crippen LogP contribution in [0.3, 0.4) is 0 Å². The molecular weight excluding hydrogens is 488 g/mol. The van der Waals surface area contributed by atoms with Gasteiger partial charge in [0.15, 0.2) is 0 Å². The average Bonchev–Trinajstić information content (AvgIpc) is 2.99. The van der Waals surface area contributed by atoms with Crippen LogP contribution in [0, 0.1) is 0 Å². The summed E-state index contributed by atoms with van der Waals surface area (Å²) in [6.07, 6.45) is -3.36. The molecule has 2 fully saturated rings. The molecule has 5 atom stereocenters. The van der Waals surface area contributed by atoms with Gasteiger partial charge in [0, 0.05) is 6.42 Å². The number of aliphatic hydroxyl groups excluding tert-OH is 2. The van der Waals surface area contributed by atoms with Crippen molar-refractivity contribution in [2.24, 2.45) is 0 Å². The molecule has 0 radical (unpaired) electrons. The van der Waals surface area contributed by atoms with Gasteiger partial charge < -0.3 is 37.4 Å². The van der Waals surface area contributed by atoms with E-state index in [0.29, 0.717) is 0 Å². The minimum Gasteiger partial charge on any atom is -0.465 e. The minimum atomic E-state index is -2.96. The van der Waals surface area contributed by atoms with Crippen LogP contribution in [-0.4, -0.2) is 83.8 Å². The molecule has 0 bridgehead atoms. The molecule has 2 N–H and O–H groups in total. The number of ether oxygens (including phenoxy) is 3. The Morgan fingerprint density at radius 2 is 1.60 bits per heavy atom. The van der Waals surface area contributed by atoms with Crippen LogP contribution in [0.2, 0.25) is 22.2 Å². The predicted octanol–water partition coefficient (Wildman–Crippen LogP) is 3.53. The van der Waals surface area contributed by atoms with Crippen LogP contribution in [0.4, 0.5) is 0 Å². The maximum absolute atomic E-state index is 12.8. The molecule has 0 aliphatic carbocycles. The lowest BCUT2D eigenvalue weighted by atomic mass is 9.92. The van der Waals surface area contributed by atoms with Crippen molar-refractivity contribution in [1.82, 2.24) is 0 Å². The Morgan fingerprint density at radius 3 is 2.06 bits per heavy atom. The largest absolute Gasteiger partial charge is 0.465 e. The first-order valence-corrected chi connectivity index (χ1v) is 16.6. The van der Waals surface area contributed by atoms with Crippen LogP contribution in [0.25, 0.3) is 0 Å². The normalized spacial score (nSPS) is 33.2. The van der Waals surface area contributed by atoms with E-state index < -0.39 is 53.3 Å². The molecule has 11 heteroatoms. The van der Waals surface area contributed by atoms with Crippen molar-refractivity contribution in [1.29, 1.82) is 0 Å². The molecule has 35 heavy (non-hydrogen) atoms. The molecule has 2 heterocycles. The lowest BCUT2D eigenvalue weighted by Gasteiger charge is -2.48. The van der Waals surface area contributed by atoms with E-state index in [2.05, 4.69) is 62.0 Å². The van der Waals surface area contributed by atoms with E-state index in [-0.39, 0.29) is 41.8 Å². The Bertz CT molecular complexity index is 714. The Morgan fingerprint density at radius 1 is 1.06 bits per heavy atom. The third kappa shape index (κ3) is 5.78. The van der Waals surface area contributed by atoms with Crippen LogP contribution >= 0.6 is 0 Å². The van der Waals surface area contributed by atoms with E-state index in [1.54, 1.807) is 0 Å². The smallest absolute Gasteiger partial charge is 0.366 e. The zero-order valence-electron chi connectivity index (χ0n) is 22.8. The molecule has 0 aromatic rings. The molecule has 2 rings (SSSR count). The summed E-state index contributed by atoms with van der Waals surface area (Å²) in [6.45, 7) is 20.6. The van der Waals surface area contributed by atoms with Crippen molar-refractivity contribution in [3.05, 3.63) is 12.7 Å². The lowest BCUT2D eigenvalue weighted by Crippen LogP contribution is -2.65. The molecule has 2 aliphatic heterocycles. The molecule has 2 aliphatic rings. The highest BCUT2D eigenvalue weighted by Crippen LogP contribution is 2.47. The second kappa shape index (κ2) is 11.8. The van der Waals surface area contributed by atoms with Gasteiger partial charge in [-0.2, -0.15) is 0 Å². The average molecular weight is 535 g/mol. The number of aliphatic hydroxyl groups is 2. The van der Waals surface area contributed by atoms with Crippen molar-refractivity contribution in [3.8, 4) is 0 Å². The molecule has 204 valence electrons. The standard InChI is InChI=1S/C24H46O9Si2/c1-11-12-29-24(23(27)28-10)13-19(25)21(26)22(31-24)20-14-30-34(15(2)3,16(4)5)33-35(32-20,17(6)7)18(8)9/h11,15-22,25-26H,1,12-14H2,2-10H3/t19-,20+,21-,22-,24+/m1/s1. The molecule has 0 saturated carbocycles. The number of hydrogen-bond acceptors (Lipinski definition) is 9. The fourth-order valence-electron chi connectivity index (χ4n) is 5.24. The summed E-state index contributed by atoms with van der Waals surface area (Å²) < 4.78 is 37.4. The number of methoxy groups -OCH3 is 1. The molecule has 0 spiro atoms. The van der Waals surface area contributed by atoms with E-state index in [1.807, 2.05) is 0 Å². The second-order valence-corrected chi connectivity index (χ2v) is 19.7. The summed E-state index contributed by atoms with van der Waals surface area (Å²) in [5.41, 5.74) is 0.456. The van der Waals surface area contributed by atoms with E-state index >= 15 is 0 Å². The topological polar surface area (TPSA) is 113 Å². The van der Waals surface area contributed by atoms with E-state index in [1.165, 1.54) is 13.2 Å². The van der Waals surface area contributed by atoms with Gasteiger partial charge in [0.2, 0.25) is 0 Å². The predicted molar refractivity (Wildman–Crippen MR) is 136 cm³/mol. The van der Waals surface area contributed by atoms with Crippen LogP contribution in [0.5, 0.6) is 0 Å². The molecule has 0 amide bonds. The number of rotatable bonds is 9. The maximum Gasteiger partial charge on any atom is 0.366 e. The Labute approximate surface area is 212 Å². The maximum atomic E-state index is 12.8. The summed E-state index contributed by atoms with van der Waals surface area (Å²) in [7, 11) is -4.52. The van der Waals surface area contributed by atoms with Crippen molar-refractivity contribution < 1.29 is 42.2 Å². The van der Waals surface area contributed by atoms with E-state index in [0.717, 1.165) is 0 Å². The van der Waals surface area contributed by atoms with Gasteiger partial charge >= 0.3 is 23.1 Å². The quantitative estimate of drug-likeness (QED) is 0.261. The van der Waals surface area contributed by atoms with Gasteiger partial charge in [-0.1, -0.05) is 61.5 Å². The monoisotopic (exact) mass is 534 g/mol. The highest BCUT2D eigenvalue weighted by Gasteiger charge is 2.62. The first kappa shape index (κ1) is 30.6. The van der Waals surface area contributed by atoms with Crippen LogP contribution < -0.4 is 0 Å². The van der Waals surface area contributed by atoms with E-state index in [4.69, 9.17) is 27.2 Å². The Hall–Kier alpha value is -0.636. The molecule has 0 unspecified atom stereocenters. The molecular formula is C24H46O9Si2. The van der Waals surface area contributed by atoms with Crippen LogP contribution in [0.15, 0.2) is 12.7 Å². The summed E-state index contributed by atoms with van der Waals surface area (Å²) >= 11 is 0. The van der Waals surface area contributed by atoms with Crippen molar-refractivity contribution in [2.45, 2.75) is 114 Å². The summed E-state index contributed by atoms with van der Waals surface area (Å²) in [5, 5.41) is 21.8. The SMILES string of the molecule is C=CCO[C@@]1(C(=O)OC)C[C@@H](O)[C@@H](O)[C@@H]([C@@H]2CO[Si](C(C)C)(C(C)C)O[Si](C(C)C)(C(C)C)O2)O1. The second-order valence-electron chi connectivity index (χ2n) is 10.8. The zero-order chi connectivity index (χ0) is 26.8. The summed E-state index contributed by atoms with van der Waals surface area (Å²) in [5.74, 6) is -2.71. The number of hydrogen-bond donors (Lipinski definition) is 2. The Kier molecular flexibility index (Phi) is 10.3. The fourth-order valence-corrected chi connectivity index (χ4v) is 16.4. The van der Waals surface area contributed by atoms with Gasteiger partial charge in [0.1, 0.15) is 12.2 Å². The van der Waals surface area contributed by atoms with Crippen molar-refractivity contribution >= 4 is 23.1 Å². The number of carbonyl (C=O) groups is 1. The third-order valence-electron chi connectivity index (χ3n) is 7.18. The van der Waals surface area contributed by atoms with Gasteiger partial charge in [-0.3, -0.25) is 0 Å². The highest BCUT2D eigenvalue weighted by atomic mass is 28.5. The first-order valence-electron chi connectivity index (χ1n) is 12.6. The molecule has 9 nitrogen and oxygen atoms in total. The third-order valence-corrected chi connectivity index (χ3v) is 17.5. The van der Waals surface area contributed by atoms with E-state index in [9.17, 15) is 15.0 Å². The van der Waals surface area contributed by atoms with Gasteiger partial charge in [-0.15, -0.1) is 6.58 Å². The summed E-state index contributed by atoms with van der Waals surface area (Å²) in [4.78, 5) is 12.8. The molecule has 0 aromatic carbocycles. The number of carbonyl (C=O) groups excluding carboxylic acids is 1. The van der Waals surface area contributed by atoms with Gasteiger partial charge in [0.05, 0.1) is 32.5 Å². The van der Waals surface area contributed by atoms with Gasteiger partial charge in [-0.05, 0) is 22.2 Å². The zero-order valence-corrected chi connectivity index (χ0v) is 24.8. The van der Waals surface area contributed by atoms with Gasteiger partial charge in [0.25, 0.3) is 5.79 Å². The number of esters is 1. The fraction of sp³-hybridized carbons (Fsp3) is 0.875. The minimum absolute atomic E-state index is 0.0107. The highest BCUT2D eigenvalue weighted by molar-refractivity contribution is 6.84. The van der Waals surface area contributed by atoms with Crippen LogP contribution in [-0.2, 0) is 32.0 Å². The Balaban J connectivity index is 2.59. The lowest BCUT2D eigenvalue weighted by molar-refractivity contribution is -0.320. The molecule has 2 saturated heterocycles. The molecule has 0 aromatic heterocycles. The van der Waals surface area contributed by atoms with Gasteiger partial charge in [-0.25, -0.2) is 4.79 Å². The van der Waals surface area contributed by atoms with Crippen LogP contribution in [0.1, 0.15) is 61.8 Å². The van der Waals surface area contributed by atoms with Crippen molar-refractivity contribution in [3.63, 3.8) is 0 Å². The van der Waals surface area contributed by atoms with Crippen molar-refractivity contribution in [2.75, 3.05) is 20.3 Å². The first-order chi connectivity index (χ1) is 16.2.